The lowest BCUT2D eigenvalue weighted by Crippen LogP contribution is -2.53. The van der Waals surface area contributed by atoms with E-state index in [-0.39, 0.29) is 25.9 Å². The Morgan fingerprint density at radius 2 is 1.51 bits per heavy atom. The van der Waals surface area contributed by atoms with Crippen LogP contribution in [0.25, 0.3) is 0 Å². The molecule has 2 amide bonds. The molecule has 0 spiro atoms. The van der Waals surface area contributed by atoms with Crippen LogP contribution in [-0.2, 0) is 18.4 Å². The van der Waals surface area contributed by atoms with Gasteiger partial charge in [0.1, 0.15) is 12.4 Å². The zero-order valence-corrected chi connectivity index (χ0v) is 33.2. The maximum absolute atomic E-state index is 15.1. The fourth-order valence-corrected chi connectivity index (χ4v) is 17.3. The van der Waals surface area contributed by atoms with Gasteiger partial charge in [0.05, 0.1) is 25.7 Å². The van der Waals surface area contributed by atoms with Crippen LogP contribution in [0.1, 0.15) is 91.0 Å². The molecule has 1 saturated heterocycles. The molecule has 0 bridgehead atoms. The van der Waals surface area contributed by atoms with Crippen LogP contribution in [0.15, 0.2) is 36.4 Å². The van der Waals surface area contributed by atoms with Gasteiger partial charge >= 0.3 is 6.09 Å². The normalized spacial score (nSPS) is 22.2. The summed E-state index contributed by atoms with van der Waals surface area (Å²) in [6.07, 6.45) is -1.05. The molecule has 4 atom stereocenters. The standard InChI is InChI=1S/C38H57NO8Si2/c1-11-48(12-2,13-3)47-36-30-21-33-32(44-23-45-33)20-29(30)34(27-15-14-16-28(19-27)42-10)35(37(40)39-17-18-43-38(39)41)31(36)22-46-49(24(4)5,25(6)7)26(8)9/h14-16,19-21,24-26,31,34-36H,11-13,17-18,22-23H2,1-10H3/t31-,34+,35+,36-/m0/s1. The Bertz CT molecular complexity index is 1460. The SMILES string of the molecule is CC[Si](CC)(CC)O[C@H]1c2cc3c(cc2[C@@H](c2cccc(OC)c2)[C@H](C(=O)N2CCOC2=O)[C@@H]1CO[Si](C(C)C)(C(C)C)C(C)C)OCO3. The van der Waals surface area contributed by atoms with Crippen LogP contribution in [0.3, 0.4) is 0 Å². The van der Waals surface area contributed by atoms with E-state index in [2.05, 4.69) is 68.4 Å². The molecule has 0 N–H and O–H groups in total. The summed E-state index contributed by atoms with van der Waals surface area (Å²) < 4.78 is 37.9. The fourth-order valence-electron chi connectivity index (χ4n) is 9.02. The molecule has 2 heterocycles. The highest BCUT2D eigenvalue weighted by Gasteiger charge is 2.54. The lowest BCUT2D eigenvalue weighted by Gasteiger charge is -2.49. The van der Waals surface area contributed by atoms with E-state index in [1.54, 1.807) is 7.11 Å². The molecule has 270 valence electrons. The number of carbonyl (C=O) groups is 2. The maximum Gasteiger partial charge on any atom is 0.416 e. The minimum atomic E-state index is -2.38. The number of benzene rings is 2. The highest BCUT2D eigenvalue weighted by molar-refractivity contribution is 6.77. The number of carbonyl (C=O) groups excluding carboxylic acids is 2. The third-order valence-corrected chi connectivity index (χ3v) is 22.4. The molecule has 2 aromatic carbocycles. The third kappa shape index (κ3) is 6.80. The summed E-state index contributed by atoms with van der Waals surface area (Å²) in [6.45, 7) is 21.2. The molecule has 2 aliphatic heterocycles. The van der Waals surface area contributed by atoms with Crippen molar-refractivity contribution in [2.24, 2.45) is 11.8 Å². The van der Waals surface area contributed by atoms with Gasteiger partial charge in [-0.25, -0.2) is 9.69 Å². The third-order valence-electron chi connectivity index (χ3n) is 11.7. The summed E-state index contributed by atoms with van der Waals surface area (Å²) in [5.74, 6) is 0.222. The van der Waals surface area contributed by atoms with Gasteiger partial charge in [0.15, 0.2) is 28.1 Å². The number of fused-ring (bicyclic) bond motifs is 2. The van der Waals surface area contributed by atoms with E-state index in [0.717, 1.165) is 34.8 Å². The second kappa shape index (κ2) is 15.2. The average Bonchev–Trinajstić information content (AvgIpc) is 3.74. The van der Waals surface area contributed by atoms with Crippen molar-refractivity contribution in [3.05, 3.63) is 53.1 Å². The van der Waals surface area contributed by atoms with Crippen molar-refractivity contribution < 1.29 is 37.4 Å². The first-order valence-electron chi connectivity index (χ1n) is 18.2. The van der Waals surface area contributed by atoms with Crippen molar-refractivity contribution in [1.29, 1.82) is 0 Å². The van der Waals surface area contributed by atoms with E-state index < -0.39 is 46.6 Å². The number of cyclic esters (lactones) is 1. The van der Waals surface area contributed by atoms with Crippen molar-refractivity contribution in [1.82, 2.24) is 4.90 Å². The van der Waals surface area contributed by atoms with Crippen molar-refractivity contribution in [3.63, 3.8) is 0 Å². The van der Waals surface area contributed by atoms with E-state index >= 15 is 4.79 Å². The predicted octanol–water partition coefficient (Wildman–Crippen LogP) is 9.04. The van der Waals surface area contributed by atoms with Gasteiger partial charge < -0.3 is 27.8 Å². The fraction of sp³-hybridized carbons (Fsp3) is 0.632. The molecule has 9 nitrogen and oxygen atoms in total. The summed E-state index contributed by atoms with van der Waals surface area (Å²) >= 11 is 0. The molecule has 49 heavy (non-hydrogen) atoms. The lowest BCUT2D eigenvalue weighted by atomic mass is 9.64. The molecule has 0 aromatic heterocycles. The minimum Gasteiger partial charge on any atom is -0.497 e. The average molecular weight is 712 g/mol. The molecular formula is C38H57NO8Si2. The minimum absolute atomic E-state index is 0.130. The van der Waals surface area contributed by atoms with Crippen molar-refractivity contribution in [3.8, 4) is 17.2 Å². The zero-order chi connectivity index (χ0) is 35.7. The Morgan fingerprint density at radius 1 is 0.898 bits per heavy atom. The second-order valence-corrected chi connectivity index (χ2v) is 25.0. The number of methoxy groups -OCH3 is 1. The molecule has 2 aromatic rings. The summed E-state index contributed by atoms with van der Waals surface area (Å²) in [5, 5.41) is 0. The second-order valence-electron chi connectivity index (χ2n) is 14.8. The van der Waals surface area contributed by atoms with Gasteiger partial charge in [-0.2, -0.15) is 0 Å². The Kier molecular flexibility index (Phi) is 11.6. The number of amides is 2. The van der Waals surface area contributed by atoms with Crippen LogP contribution in [0.5, 0.6) is 17.2 Å². The van der Waals surface area contributed by atoms with Crippen molar-refractivity contribution in [2.75, 3.05) is 33.7 Å². The number of hydrogen-bond donors (Lipinski definition) is 0. The Labute approximate surface area is 295 Å². The van der Waals surface area contributed by atoms with Gasteiger partial charge in [-0.3, -0.25) is 4.79 Å². The molecule has 5 rings (SSSR count). The lowest BCUT2D eigenvalue weighted by molar-refractivity contribution is -0.137. The number of hydrogen-bond acceptors (Lipinski definition) is 8. The van der Waals surface area contributed by atoms with Gasteiger partial charge in [-0.1, -0.05) is 74.4 Å². The van der Waals surface area contributed by atoms with E-state index in [0.29, 0.717) is 40.5 Å². The summed E-state index contributed by atoms with van der Waals surface area (Å²) in [4.78, 5) is 29.5. The first kappa shape index (κ1) is 37.4. The maximum atomic E-state index is 15.1. The van der Waals surface area contributed by atoms with Gasteiger partial charge in [0.25, 0.3) is 0 Å². The molecule has 11 heteroatoms. The van der Waals surface area contributed by atoms with Crippen LogP contribution >= 0.6 is 0 Å². The Morgan fingerprint density at radius 3 is 2.04 bits per heavy atom. The van der Waals surface area contributed by atoms with Crippen LogP contribution in [0.2, 0.25) is 34.8 Å². The van der Waals surface area contributed by atoms with Crippen LogP contribution in [0.4, 0.5) is 4.79 Å². The van der Waals surface area contributed by atoms with Crippen LogP contribution in [-0.4, -0.2) is 67.2 Å². The Hall–Kier alpha value is -2.87. The molecule has 1 aliphatic carbocycles. The molecule has 3 aliphatic rings. The van der Waals surface area contributed by atoms with Crippen LogP contribution < -0.4 is 14.2 Å². The first-order chi connectivity index (χ1) is 23.4. The summed E-state index contributed by atoms with van der Waals surface area (Å²) in [5.41, 5.74) is 3.91. The number of rotatable bonds is 14. The molecular weight excluding hydrogens is 655 g/mol. The summed E-state index contributed by atoms with van der Waals surface area (Å²) in [6, 6.07) is 14.9. The molecule has 0 unspecified atom stereocenters. The van der Waals surface area contributed by atoms with E-state index in [1.807, 2.05) is 30.3 Å². The van der Waals surface area contributed by atoms with Crippen molar-refractivity contribution >= 4 is 28.6 Å². The predicted molar refractivity (Wildman–Crippen MR) is 195 cm³/mol. The first-order valence-corrected chi connectivity index (χ1v) is 22.9. The smallest absolute Gasteiger partial charge is 0.416 e. The zero-order valence-electron chi connectivity index (χ0n) is 31.2. The van der Waals surface area contributed by atoms with Gasteiger partial charge in [0, 0.05) is 18.4 Å². The van der Waals surface area contributed by atoms with Crippen LogP contribution in [0, 0.1) is 11.8 Å². The van der Waals surface area contributed by atoms with E-state index in [9.17, 15) is 4.79 Å². The van der Waals surface area contributed by atoms with E-state index in [1.165, 1.54) is 4.90 Å². The highest BCUT2D eigenvalue weighted by atomic mass is 28.4. The number of nitrogens with zero attached hydrogens (tertiary/aromatic N) is 1. The Balaban J connectivity index is 1.80. The van der Waals surface area contributed by atoms with E-state index in [4.69, 9.17) is 27.8 Å². The largest absolute Gasteiger partial charge is 0.497 e. The van der Waals surface area contributed by atoms with Gasteiger partial charge in [-0.05, 0) is 75.7 Å². The summed E-state index contributed by atoms with van der Waals surface area (Å²) in [7, 11) is -3.00. The van der Waals surface area contributed by atoms with Gasteiger partial charge in [0.2, 0.25) is 12.7 Å². The monoisotopic (exact) mass is 711 g/mol. The molecule has 1 fully saturated rings. The number of ether oxygens (including phenoxy) is 4. The quantitative estimate of drug-likeness (QED) is 0.179. The van der Waals surface area contributed by atoms with Gasteiger partial charge in [-0.15, -0.1) is 0 Å². The highest BCUT2D eigenvalue weighted by Crippen LogP contribution is 2.56. The molecule has 0 saturated carbocycles. The topological polar surface area (TPSA) is 92.8 Å². The molecule has 0 radical (unpaired) electrons. The van der Waals surface area contributed by atoms with Crippen molar-refractivity contribution in [2.45, 2.75) is 109 Å². The number of imide groups is 1.